The minimum atomic E-state index is -3.82. The van der Waals surface area contributed by atoms with E-state index in [1.54, 1.807) is 12.4 Å². The number of sulfonamides is 1. The molecule has 11 heteroatoms. The van der Waals surface area contributed by atoms with Crippen LogP contribution in [0.15, 0.2) is 91.3 Å². The lowest BCUT2D eigenvalue weighted by Gasteiger charge is -2.44. The van der Waals surface area contributed by atoms with Crippen molar-refractivity contribution in [2.75, 3.05) is 30.1 Å². The van der Waals surface area contributed by atoms with Crippen LogP contribution in [0.1, 0.15) is 45.9 Å². The summed E-state index contributed by atoms with van der Waals surface area (Å²) in [5.74, 6) is -1.50. The first-order valence-corrected chi connectivity index (χ1v) is 16.2. The number of hydrogen-bond acceptors (Lipinski definition) is 5. The third kappa shape index (κ3) is 8.12. The van der Waals surface area contributed by atoms with Crippen LogP contribution in [0.2, 0.25) is 10.0 Å². The molecule has 0 aliphatic carbocycles. The second-order valence-electron chi connectivity index (χ2n) is 10.8. The van der Waals surface area contributed by atoms with Gasteiger partial charge in [-0.2, -0.15) is 0 Å². The van der Waals surface area contributed by atoms with Crippen molar-refractivity contribution in [2.24, 2.45) is 5.92 Å². The van der Waals surface area contributed by atoms with Gasteiger partial charge in [0, 0.05) is 53.6 Å². The normalized spacial score (nSPS) is 14.7. The highest BCUT2D eigenvalue weighted by atomic mass is 35.5. The summed E-state index contributed by atoms with van der Waals surface area (Å²) in [7, 11) is -3.82. The minimum Gasteiger partial charge on any atom is -0.351 e. The number of nitrogens with zero attached hydrogens (tertiary/aromatic N) is 2. The lowest BCUT2D eigenvalue weighted by atomic mass is 9.91. The van der Waals surface area contributed by atoms with E-state index in [1.165, 1.54) is 6.07 Å². The van der Waals surface area contributed by atoms with Gasteiger partial charge in [-0.1, -0.05) is 60.5 Å². The number of likely N-dealkylation sites (tertiary alicyclic amines) is 1. The van der Waals surface area contributed by atoms with Crippen molar-refractivity contribution in [3.8, 4) is 0 Å². The Bertz CT molecular complexity index is 1620. The van der Waals surface area contributed by atoms with Crippen molar-refractivity contribution in [1.82, 2.24) is 15.2 Å². The molecule has 1 aliphatic rings. The molecule has 5 rings (SSSR count). The van der Waals surface area contributed by atoms with Crippen LogP contribution in [0.25, 0.3) is 0 Å². The second-order valence-corrected chi connectivity index (χ2v) is 13.5. The first kappa shape index (κ1) is 30.9. The lowest BCUT2D eigenvalue weighted by molar-refractivity contribution is 0.0813. The van der Waals surface area contributed by atoms with Crippen LogP contribution in [0, 0.1) is 11.7 Å². The number of hydrogen-bond donors (Lipinski definition) is 2. The monoisotopic (exact) mass is 640 g/mol. The molecule has 0 spiro atoms. The van der Waals surface area contributed by atoms with Crippen LogP contribution < -0.4 is 10.0 Å². The molecule has 0 radical (unpaired) electrons. The van der Waals surface area contributed by atoms with Crippen LogP contribution in [0.3, 0.4) is 0 Å². The molecule has 2 heterocycles. The summed E-state index contributed by atoms with van der Waals surface area (Å²) in [4.78, 5) is 19.0. The fraction of sp³-hybridized carbons (Fsp3) is 0.250. The summed E-state index contributed by atoms with van der Waals surface area (Å²) in [5, 5.41) is 4.05. The van der Waals surface area contributed by atoms with Gasteiger partial charge in [0.1, 0.15) is 5.82 Å². The molecule has 1 unspecified atom stereocenters. The van der Waals surface area contributed by atoms with E-state index in [4.69, 9.17) is 23.2 Å². The Morgan fingerprint density at radius 1 is 0.977 bits per heavy atom. The standard InChI is InChI=1S/C32H31Cl2FN4O3S/c1-21(25-3-2-12-36-17-25)16-37-32(40)26-13-29(35)15-30(14-26)38-43(41,42)20-22-18-39(19-22)31(23-4-8-27(33)9-5-23)24-6-10-28(34)11-7-24/h2-15,17,21-22,31,38H,16,18-20H2,1H3,(H,37,40). The molecule has 0 saturated carbocycles. The van der Waals surface area contributed by atoms with E-state index >= 15 is 0 Å². The number of amides is 1. The third-order valence-corrected chi connectivity index (χ3v) is 9.39. The van der Waals surface area contributed by atoms with Crippen molar-refractivity contribution in [1.29, 1.82) is 0 Å². The predicted molar refractivity (Wildman–Crippen MR) is 169 cm³/mol. The number of rotatable bonds is 11. The molecule has 2 N–H and O–H groups in total. The van der Waals surface area contributed by atoms with Gasteiger partial charge in [-0.3, -0.25) is 19.4 Å². The summed E-state index contributed by atoms with van der Waals surface area (Å²) < 4.78 is 43.0. The maximum atomic E-state index is 14.4. The van der Waals surface area contributed by atoms with Crippen molar-refractivity contribution in [3.63, 3.8) is 0 Å². The Morgan fingerprint density at radius 3 is 2.19 bits per heavy atom. The van der Waals surface area contributed by atoms with E-state index in [0.29, 0.717) is 29.7 Å². The van der Waals surface area contributed by atoms with Crippen LogP contribution in [-0.2, 0) is 10.0 Å². The Kier molecular flexibility index (Phi) is 9.66. The average Bonchev–Trinajstić information content (AvgIpc) is 2.96. The van der Waals surface area contributed by atoms with Gasteiger partial charge in [0.15, 0.2) is 0 Å². The van der Waals surface area contributed by atoms with Crippen molar-refractivity contribution in [3.05, 3.63) is 129 Å². The zero-order valence-electron chi connectivity index (χ0n) is 23.4. The first-order valence-electron chi connectivity index (χ1n) is 13.8. The maximum absolute atomic E-state index is 14.4. The number of aromatic nitrogens is 1. The summed E-state index contributed by atoms with van der Waals surface area (Å²) in [6.07, 6.45) is 3.40. The van der Waals surface area contributed by atoms with Gasteiger partial charge in [0.05, 0.1) is 17.5 Å². The molecule has 43 heavy (non-hydrogen) atoms. The first-order chi connectivity index (χ1) is 20.6. The van der Waals surface area contributed by atoms with Crippen LogP contribution in [0.4, 0.5) is 10.1 Å². The highest BCUT2D eigenvalue weighted by Gasteiger charge is 2.36. The molecule has 4 aromatic rings. The van der Waals surface area contributed by atoms with Crippen LogP contribution in [0.5, 0.6) is 0 Å². The molecule has 1 aromatic heterocycles. The molecule has 1 aliphatic heterocycles. The summed E-state index contributed by atoms with van der Waals surface area (Å²) in [6.45, 7) is 3.34. The molecule has 0 bridgehead atoms. The predicted octanol–water partition coefficient (Wildman–Crippen LogP) is 6.52. The minimum absolute atomic E-state index is 0.00171. The van der Waals surface area contributed by atoms with Crippen molar-refractivity contribution >= 4 is 44.8 Å². The Balaban J connectivity index is 1.21. The SMILES string of the molecule is CC(CNC(=O)c1cc(F)cc(NS(=O)(=O)CC2CN(C(c3ccc(Cl)cc3)c3ccc(Cl)cc3)C2)c1)c1cccnc1. The number of halogens is 3. The topological polar surface area (TPSA) is 91.4 Å². The summed E-state index contributed by atoms with van der Waals surface area (Å²) >= 11 is 12.2. The van der Waals surface area contributed by atoms with Gasteiger partial charge in [0.2, 0.25) is 10.0 Å². The van der Waals surface area contributed by atoms with Crippen molar-refractivity contribution < 1.29 is 17.6 Å². The Hall–Kier alpha value is -3.50. The van der Waals surface area contributed by atoms with E-state index in [-0.39, 0.29) is 34.9 Å². The number of carbonyl (C=O) groups excluding carboxylic acids is 1. The lowest BCUT2D eigenvalue weighted by Crippen LogP contribution is -2.51. The summed E-state index contributed by atoms with van der Waals surface area (Å²) in [5.41, 5.74) is 3.05. The molecule has 7 nitrogen and oxygen atoms in total. The molecule has 3 aromatic carbocycles. The Labute approximate surface area is 261 Å². The van der Waals surface area contributed by atoms with E-state index < -0.39 is 21.7 Å². The van der Waals surface area contributed by atoms with Gasteiger partial charge >= 0.3 is 0 Å². The molecule has 1 fully saturated rings. The molecule has 224 valence electrons. The van der Waals surface area contributed by atoms with Gasteiger partial charge in [-0.15, -0.1) is 0 Å². The molecular formula is C32H31Cl2FN4O3S. The third-order valence-electron chi connectivity index (χ3n) is 7.43. The second kappa shape index (κ2) is 13.4. The van der Waals surface area contributed by atoms with Gasteiger partial charge in [-0.05, 0) is 71.1 Å². The van der Waals surface area contributed by atoms with Crippen molar-refractivity contribution in [2.45, 2.75) is 18.9 Å². The van der Waals surface area contributed by atoms with Gasteiger partial charge in [-0.25, -0.2) is 12.8 Å². The van der Waals surface area contributed by atoms with Crippen LogP contribution in [-0.4, -0.2) is 49.6 Å². The maximum Gasteiger partial charge on any atom is 0.251 e. The smallest absolute Gasteiger partial charge is 0.251 e. The number of anilines is 1. The van der Waals surface area contributed by atoms with E-state index in [1.807, 2.05) is 67.6 Å². The van der Waals surface area contributed by atoms with Crippen LogP contribution >= 0.6 is 23.2 Å². The molecule has 1 saturated heterocycles. The van der Waals surface area contributed by atoms with Gasteiger partial charge in [0.25, 0.3) is 5.91 Å². The fourth-order valence-corrected chi connectivity index (χ4v) is 6.92. The molecule has 1 amide bonds. The molecule has 1 atom stereocenters. The van der Waals surface area contributed by atoms with E-state index in [2.05, 4.69) is 19.9 Å². The number of pyridine rings is 1. The zero-order valence-corrected chi connectivity index (χ0v) is 25.7. The zero-order chi connectivity index (χ0) is 30.6. The number of benzene rings is 3. The average molecular weight is 642 g/mol. The van der Waals surface area contributed by atoms with E-state index in [9.17, 15) is 17.6 Å². The van der Waals surface area contributed by atoms with E-state index in [0.717, 1.165) is 28.8 Å². The highest BCUT2D eigenvalue weighted by molar-refractivity contribution is 7.92. The number of nitrogens with one attached hydrogen (secondary N) is 2. The molecular weight excluding hydrogens is 610 g/mol. The van der Waals surface area contributed by atoms with Gasteiger partial charge < -0.3 is 5.32 Å². The number of carbonyl (C=O) groups is 1. The quantitative estimate of drug-likeness (QED) is 0.195. The Morgan fingerprint density at radius 2 is 1.60 bits per heavy atom. The summed E-state index contributed by atoms with van der Waals surface area (Å²) in [6, 6.07) is 22.3. The fourth-order valence-electron chi connectivity index (χ4n) is 5.27. The largest absolute Gasteiger partial charge is 0.351 e. The highest BCUT2D eigenvalue weighted by Crippen LogP contribution is 2.36.